The molecule has 0 saturated carbocycles. The van der Waals surface area contributed by atoms with Crippen LogP contribution >= 0.6 is 0 Å². The summed E-state index contributed by atoms with van der Waals surface area (Å²) in [4.78, 5) is 2.54. The van der Waals surface area contributed by atoms with Gasteiger partial charge >= 0.3 is 0 Å². The quantitative estimate of drug-likeness (QED) is 0.879. The van der Waals surface area contributed by atoms with E-state index in [-0.39, 0.29) is 0 Å². The van der Waals surface area contributed by atoms with E-state index < -0.39 is 0 Å². The summed E-state index contributed by atoms with van der Waals surface area (Å²) in [5.41, 5.74) is 4.60. The maximum Gasteiger partial charge on any atom is 0.0243 e. The Hall–Kier alpha value is -0.860. The zero-order valence-corrected chi connectivity index (χ0v) is 11.6. The van der Waals surface area contributed by atoms with Crippen molar-refractivity contribution in [2.75, 3.05) is 6.54 Å². The monoisotopic (exact) mass is 244 g/mol. The van der Waals surface area contributed by atoms with E-state index in [1.165, 1.54) is 36.9 Å². The highest BCUT2D eigenvalue weighted by molar-refractivity contribution is 5.35. The van der Waals surface area contributed by atoms with E-state index in [9.17, 15) is 0 Å². The minimum Gasteiger partial charge on any atom is -0.314 e. The van der Waals surface area contributed by atoms with Crippen molar-refractivity contribution in [1.82, 2.24) is 10.2 Å². The molecule has 1 aromatic rings. The average Bonchev–Trinajstić information content (AvgIpc) is 2.96. The number of benzene rings is 1. The lowest BCUT2D eigenvalue weighted by molar-refractivity contribution is 0.227. The first-order chi connectivity index (χ1) is 8.72. The van der Waals surface area contributed by atoms with Crippen LogP contribution in [0, 0.1) is 0 Å². The van der Waals surface area contributed by atoms with Gasteiger partial charge < -0.3 is 5.32 Å². The number of hydrogen-bond donors (Lipinski definition) is 1. The molecule has 2 heteroatoms. The van der Waals surface area contributed by atoms with Crippen LogP contribution in [0.1, 0.15) is 43.4 Å². The summed E-state index contributed by atoms with van der Waals surface area (Å²) >= 11 is 0. The molecule has 0 amide bonds. The van der Waals surface area contributed by atoms with Crippen molar-refractivity contribution in [2.24, 2.45) is 0 Å². The highest BCUT2D eigenvalue weighted by atomic mass is 15.2. The molecule has 0 aromatic heterocycles. The van der Waals surface area contributed by atoms with Crippen molar-refractivity contribution in [3.63, 3.8) is 0 Å². The molecular weight excluding hydrogens is 220 g/mol. The normalized spacial score (nSPS) is 23.8. The van der Waals surface area contributed by atoms with Crippen molar-refractivity contribution in [1.29, 1.82) is 0 Å². The lowest BCUT2D eigenvalue weighted by Crippen LogP contribution is -2.24. The average molecular weight is 244 g/mol. The molecule has 0 radical (unpaired) electrons. The minimum absolute atomic E-state index is 0.650. The highest BCUT2D eigenvalue weighted by Crippen LogP contribution is 2.26. The van der Waals surface area contributed by atoms with Gasteiger partial charge in [-0.2, -0.15) is 0 Å². The zero-order chi connectivity index (χ0) is 12.5. The number of nitrogens with one attached hydrogen (secondary N) is 1. The smallest absolute Gasteiger partial charge is 0.0243 e. The molecule has 1 saturated heterocycles. The fraction of sp³-hybridized carbons (Fsp3) is 0.625. The molecule has 1 aromatic carbocycles. The molecule has 2 heterocycles. The van der Waals surface area contributed by atoms with Crippen LogP contribution in [0.5, 0.6) is 0 Å². The van der Waals surface area contributed by atoms with Crippen molar-refractivity contribution in [3.05, 3.63) is 34.9 Å². The molecule has 1 N–H and O–H groups in total. The zero-order valence-electron chi connectivity index (χ0n) is 11.6. The predicted molar refractivity (Wildman–Crippen MR) is 75.6 cm³/mol. The van der Waals surface area contributed by atoms with Gasteiger partial charge in [0.05, 0.1) is 0 Å². The van der Waals surface area contributed by atoms with Crippen LogP contribution in [0.25, 0.3) is 0 Å². The highest BCUT2D eigenvalue weighted by Gasteiger charge is 2.22. The van der Waals surface area contributed by atoms with Gasteiger partial charge in [0.15, 0.2) is 0 Å². The lowest BCUT2D eigenvalue weighted by Gasteiger charge is -2.18. The molecule has 98 valence electrons. The van der Waals surface area contributed by atoms with Crippen molar-refractivity contribution in [2.45, 2.75) is 58.3 Å². The summed E-state index contributed by atoms with van der Waals surface area (Å²) in [6.07, 6.45) is 3.89. The lowest BCUT2D eigenvalue weighted by atomic mass is 10.0. The second-order valence-corrected chi connectivity index (χ2v) is 6.10. The summed E-state index contributed by atoms with van der Waals surface area (Å²) in [5, 5.41) is 3.59. The maximum atomic E-state index is 3.59. The summed E-state index contributed by atoms with van der Waals surface area (Å²) < 4.78 is 0. The summed E-state index contributed by atoms with van der Waals surface area (Å²) in [6.45, 7) is 8.05. The Morgan fingerprint density at radius 1 is 1.28 bits per heavy atom. The molecule has 0 bridgehead atoms. The third-order valence-corrected chi connectivity index (χ3v) is 4.39. The Morgan fingerprint density at radius 3 is 2.83 bits per heavy atom. The van der Waals surface area contributed by atoms with Gasteiger partial charge in [-0.25, -0.2) is 0 Å². The summed E-state index contributed by atoms with van der Waals surface area (Å²) in [7, 11) is 0. The topological polar surface area (TPSA) is 15.3 Å². The molecule has 2 nitrogen and oxygen atoms in total. The molecule has 1 fully saturated rings. The van der Waals surface area contributed by atoms with Crippen molar-refractivity contribution >= 4 is 0 Å². The van der Waals surface area contributed by atoms with E-state index in [0.717, 1.165) is 13.1 Å². The molecule has 0 spiro atoms. The Balaban J connectivity index is 1.71. The van der Waals surface area contributed by atoms with E-state index >= 15 is 0 Å². The molecule has 2 aliphatic rings. The third kappa shape index (κ3) is 2.45. The second-order valence-electron chi connectivity index (χ2n) is 6.10. The van der Waals surface area contributed by atoms with E-state index in [4.69, 9.17) is 0 Å². The number of nitrogens with zero attached hydrogens (tertiary/aromatic N) is 1. The van der Waals surface area contributed by atoms with Crippen LogP contribution in [0.2, 0.25) is 0 Å². The molecule has 3 rings (SSSR count). The first kappa shape index (κ1) is 12.2. The van der Waals surface area contributed by atoms with Gasteiger partial charge in [0.2, 0.25) is 0 Å². The molecule has 2 aliphatic heterocycles. The van der Waals surface area contributed by atoms with Gasteiger partial charge in [0.25, 0.3) is 0 Å². The Morgan fingerprint density at radius 2 is 2.11 bits per heavy atom. The van der Waals surface area contributed by atoms with E-state index in [1.54, 1.807) is 5.56 Å². The number of rotatable bonds is 3. The standard InChI is InChI=1S/C16H24N2/c1-12(2)18-10-14-6-5-13(8-15(14)11-18)9-16-4-3-7-17-16/h5-6,8,12,16-17H,3-4,7,9-11H2,1-2H3. The fourth-order valence-corrected chi connectivity index (χ4v) is 3.18. The van der Waals surface area contributed by atoms with Gasteiger partial charge in [0, 0.05) is 25.2 Å². The van der Waals surface area contributed by atoms with Gasteiger partial charge in [-0.3, -0.25) is 4.90 Å². The first-order valence-electron chi connectivity index (χ1n) is 7.30. The largest absolute Gasteiger partial charge is 0.314 e. The number of fused-ring (bicyclic) bond motifs is 1. The predicted octanol–water partition coefficient (Wildman–Crippen LogP) is 2.71. The van der Waals surface area contributed by atoms with Crippen LogP contribution in [-0.2, 0) is 19.5 Å². The molecule has 18 heavy (non-hydrogen) atoms. The maximum absolute atomic E-state index is 3.59. The molecule has 1 atom stereocenters. The fourth-order valence-electron chi connectivity index (χ4n) is 3.18. The summed E-state index contributed by atoms with van der Waals surface area (Å²) in [5.74, 6) is 0. The van der Waals surface area contributed by atoms with Gasteiger partial charge in [-0.15, -0.1) is 0 Å². The first-order valence-corrected chi connectivity index (χ1v) is 7.30. The molecule has 0 aliphatic carbocycles. The second kappa shape index (κ2) is 5.02. The Labute approximate surface area is 110 Å². The van der Waals surface area contributed by atoms with Gasteiger partial charge in [0.1, 0.15) is 0 Å². The van der Waals surface area contributed by atoms with Crippen LogP contribution < -0.4 is 5.32 Å². The Kier molecular flexibility index (Phi) is 3.40. The van der Waals surface area contributed by atoms with E-state index in [2.05, 4.69) is 42.3 Å². The van der Waals surface area contributed by atoms with Gasteiger partial charge in [-0.05, 0) is 56.3 Å². The third-order valence-electron chi connectivity index (χ3n) is 4.39. The van der Waals surface area contributed by atoms with Crippen LogP contribution in [0.4, 0.5) is 0 Å². The Bertz CT molecular complexity index is 419. The van der Waals surface area contributed by atoms with Crippen molar-refractivity contribution in [3.8, 4) is 0 Å². The van der Waals surface area contributed by atoms with Crippen LogP contribution in [0.3, 0.4) is 0 Å². The van der Waals surface area contributed by atoms with Crippen LogP contribution in [-0.4, -0.2) is 23.5 Å². The summed E-state index contributed by atoms with van der Waals surface area (Å²) in [6, 6.07) is 8.49. The van der Waals surface area contributed by atoms with Crippen LogP contribution in [0.15, 0.2) is 18.2 Å². The van der Waals surface area contributed by atoms with E-state index in [0.29, 0.717) is 12.1 Å². The molecular formula is C16H24N2. The SMILES string of the molecule is CC(C)N1Cc2ccc(CC3CCCN3)cc2C1. The van der Waals surface area contributed by atoms with Crippen molar-refractivity contribution < 1.29 is 0 Å². The minimum atomic E-state index is 0.650. The van der Waals surface area contributed by atoms with Gasteiger partial charge in [-0.1, -0.05) is 18.2 Å². The molecule has 1 unspecified atom stereocenters. The number of hydrogen-bond acceptors (Lipinski definition) is 2. The van der Waals surface area contributed by atoms with E-state index in [1.807, 2.05) is 0 Å².